The first-order valence-corrected chi connectivity index (χ1v) is 3.86. The number of nitrogens with one attached hydrogen (secondary N) is 1. The number of rotatable bonds is 3. The number of urea groups is 1. The summed E-state index contributed by atoms with van der Waals surface area (Å²) in [6, 6.07) is -0.668. The Balaban J connectivity index is 2.55. The van der Waals surface area contributed by atoms with Gasteiger partial charge in [0.2, 0.25) is 5.91 Å². The fourth-order valence-corrected chi connectivity index (χ4v) is 0.805. The van der Waals surface area contributed by atoms with E-state index >= 15 is 0 Å². The van der Waals surface area contributed by atoms with Crippen molar-refractivity contribution in [3.05, 3.63) is 23.7 Å². The van der Waals surface area contributed by atoms with E-state index in [1.54, 1.807) is 0 Å². The molecule has 0 aliphatic carbocycles. The van der Waals surface area contributed by atoms with Crippen LogP contribution in [-0.4, -0.2) is 35.5 Å². The highest BCUT2D eigenvalue weighted by atomic mass is 16.2. The Morgan fingerprint density at radius 1 is 1.60 bits per heavy atom. The molecule has 0 spiro atoms. The Hall–Kier alpha value is -2.49. The molecule has 0 bridgehead atoms. The van der Waals surface area contributed by atoms with E-state index in [0.717, 1.165) is 23.5 Å². The highest BCUT2D eigenvalue weighted by molar-refractivity contribution is 6.32. The van der Waals surface area contributed by atoms with Crippen molar-refractivity contribution in [2.75, 3.05) is 6.54 Å². The smallest absolute Gasteiger partial charge is 0.290 e. The van der Waals surface area contributed by atoms with Gasteiger partial charge in [0.1, 0.15) is 6.54 Å². The largest absolute Gasteiger partial charge is 0.344 e. The lowest BCUT2D eigenvalue weighted by atomic mass is 10.4. The molecule has 0 saturated carbocycles. The van der Waals surface area contributed by atoms with Crippen molar-refractivity contribution in [3.63, 3.8) is 0 Å². The van der Waals surface area contributed by atoms with Gasteiger partial charge in [-0.05, 0) is 6.08 Å². The summed E-state index contributed by atoms with van der Waals surface area (Å²) in [6.07, 6.45) is 2.84. The number of allylic oxidation sites excluding steroid dienone is 1. The first-order chi connectivity index (χ1) is 7.13. The van der Waals surface area contributed by atoms with E-state index in [1.165, 1.54) is 0 Å². The maximum absolute atomic E-state index is 10.9. The van der Waals surface area contributed by atoms with Gasteiger partial charge in [0.05, 0.1) is 12.8 Å². The van der Waals surface area contributed by atoms with E-state index in [-0.39, 0.29) is 6.54 Å². The van der Waals surface area contributed by atoms with Crippen molar-refractivity contribution in [2.24, 2.45) is 5.10 Å². The third-order valence-corrected chi connectivity index (χ3v) is 1.41. The maximum atomic E-state index is 10.9. The van der Waals surface area contributed by atoms with Crippen LogP contribution < -0.4 is 5.32 Å². The minimum Gasteiger partial charge on any atom is -0.290 e. The number of carbonyl (C=O) groups is 3. The summed E-state index contributed by atoms with van der Waals surface area (Å²) in [5, 5.41) is 6.29. The molecular weight excluding hydrogens is 200 g/mol. The second kappa shape index (κ2) is 4.66. The van der Waals surface area contributed by atoms with E-state index in [2.05, 4.69) is 9.95 Å². The van der Waals surface area contributed by atoms with Gasteiger partial charge in [0, 0.05) is 0 Å². The van der Waals surface area contributed by atoms with Gasteiger partial charge in [0.15, 0.2) is 12.0 Å². The Morgan fingerprint density at radius 2 is 2.33 bits per heavy atom. The first kappa shape index (κ1) is 10.6. The molecule has 1 fully saturated rings. The molecule has 1 heterocycles. The molecule has 0 aromatic carbocycles. The summed E-state index contributed by atoms with van der Waals surface area (Å²) in [5.41, 5.74) is 0. The molecule has 15 heavy (non-hydrogen) atoms. The fraction of sp³-hybridized carbons (Fsp3) is 0.125. The van der Waals surface area contributed by atoms with Gasteiger partial charge in [-0.25, -0.2) is 14.6 Å². The zero-order valence-corrected chi connectivity index (χ0v) is 7.51. The first-order valence-electron chi connectivity index (χ1n) is 3.86. The number of nitrogens with zero attached hydrogens (tertiary/aromatic N) is 3. The average Bonchev–Trinajstić information content (AvgIpc) is 2.51. The molecule has 1 rings (SSSR count). The summed E-state index contributed by atoms with van der Waals surface area (Å²) in [5.74, 6) is -1.00. The zero-order valence-electron chi connectivity index (χ0n) is 7.51. The second-order valence-electron chi connectivity index (χ2n) is 2.50. The number of carbonyl (C=O) groups excluding carboxylic acids is 3. The predicted octanol–water partition coefficient (Wildman–Crippen LogP) is -0.474. The fourth-order valence-electron chi connectivity index (χ4n) is 0.805. The maximum Gasteiger partial charge on any atom is 0.344 e. The van der Waals surface area contributed by atoms with Crippen molar-refractivity contribution in [3.8, 4) is 0 Å². The highest BCUT2D eigenvalue weighted by Gasteiger charge is 2.25. The molecule has 0 aromatic rings. The molecule has 0 aromatic heterocycles. The van der Waals surface area contributed by atoms with Gasteiger partial charge in [-0.2, -0.15) is 5.10 Å². The lowest BCUT2D eigenvalue weighted by molar-refractivity contribution is -0.118. The lowest BCUT2D eigenvalue weighted by Crippen LogP contribution is -2.24. The van der Waals surface area contributed by atoms with Crippen LogP contribution in [-0.2, 0) is 9.59 Å². The van der Waals surface area contributed by atoms with E-state index in [1.807, 2.05) is 5.32 Å². The molecule has 0 unspecified atom stereocenters. The van der Waals surface area contributed by atoms with Crippen LogP contribution in [0.3, 0.4) is 0 Å². The Labute approximate surface area is 84.9 Å². The molecule has 76 valence electrons. The molecule has 1 N–H and O–H groups in total. The SMILES string of the molecule is [C-]#[N+]/C=C/C(=O)/C=N/N1CC(=O)NC1=O. The van der Waals surface area contributed by atoms with Crippen LogP contribution in [0.25, 0.3) is 4.85 Å². The Kier molecular flexibility index (Phi) is 3.29. The van der Waals surface area contributed by atoms with Crippen molar-refractivity contribution < 1.29 is 14.4 Å². The minimum absolute atomic E-state index is 0.199. The molecule has 1 aliphatic heterocycles. The van der Waals surface area contributed by atoms with Gasteiger partial charge in [-0.3, -0.25) is 14.9 Å². The summed E-state index contributed by atoms with van der Waals surface area (Å²) in [6.45, 7) is 6.18. The van der Waals surface area contributed by atoms with Crippen LogP contribution >= 0.6 is 0 Å². The second-order valence-corrected chi connectivity index (χ2v) is 2.50. The van der Waals surface area contributed by atoms with Gasteiger partial charge in [-0.15, -0.1) is 0 Å². The average molecular weight is 206 g/mol. The van der Waals surface area contributed by atoms with E-state index in [4.69, 9.17) is 6.57 Å². The predicted molar refractivity (Wildman–Crippen MR) is 49.5 cm³/mol. The van der Waals surface area contributed by atoms with Crippen LogP contribution in [0, 0.1) is 6.57 Å². The van der Waals surface area contributed by atoms with Crippen molar-refractivity contribution in [1.82, 2.24) is 10.3 Å². The highest BCUT2D eigenvalue weighted by Crippen LogP contribution is 1.97. The normalized spacial score (nSPS) is 16.1. The molecule has 3 amide bonds. The molecule has 7 heteroatoms. The Bertz CT molecular complexity index is 405. The number of imide groups is 1. The summed E-state index contributed by atoms with van der Waals surface area (Å²) in [4.78, 5) is 35.4. The monoisotopic (exact) mass is 206 g/mol. The van der Waals surface area contributed by atoms with Gasteiger partial charge in [-0.1, -0.05) is 0 Å². The summed E-state index contributed by atoms with van der Waals surface area (Å²) >= 11 is 0. The van der Waals surface area contributed by atoms with Gasteiger partial charge >= 0.3 is 6.03 Å². The summed E-state index contributed by atoms with van der Waals surface area (Å²) in [7, 11) is 0. The van der Waals surface area contributed by atoms with Crippen molar-refractivity contribution in [1.29, 1.82) is 0 Å². The standard InChI is InChI=1S/C8H6N4O3/c1-9-3-2-6(13)4-10-12-5-7(14)11-8(12)15/h2-4H,5H2,(H,11,14,15)/b3-2+,10-4+. The van der Waals surface area contributed by atoms with Crippen LogP contribution in [0.5, 0.6) is 0 Å². The van der Waals surface area contributed by atoms with Crippen molar-refractivity contribution >= 4 is 23.9 Å². The van der Waals surface area contributed by atoms with Crippen LogP contribution in [0.15, 0.2) is 17.4 Å². The molecule has 7 nitrogen and oxygen atoms in total. The molecule has 1 saturated heterocycles. The molecule has 0 radical (unpaired) electrons. The Morgan fingerprint density at radius 3 is 2.87 bits per heavy atom. The van der Waals surface area contributed by atoms with Crippen LogP contribution in [0.2, 0.25) is 0 Å². The number of hydrogen-bond donors (Lipinski definition) is 1. The third kappa shape index (κ3) is 3.04. The topological polar surface area (TPSA) is 83.2 Å². The van der Waals surface area contributed by atoms with Crippen LogP contribution in [0.1, 0.15) is 0 Å². The van der Waals surface area contributed by atoms with E-state index in [0.29, 0.717) is 0 Å². The summed E-state index contributed by atoms with van der Waals surface area (Å²) < 4.78 is 0. The lowest BCUT2D eigenvalue weighted by Gasteiger charge is -2.02. The number of hydrazone groups is 1. The molecule has 0 atom stereocenters. The quantitative estimate of drug-likeness (QED) is 0.293. The van der Waals surface area contributed by atoms with E-state index < -0.39 is 17.7 Å². The zero-order chi connectivity index (χ0) is 11.3. The van der Waals surface area contributed by atoms with Gasteiger partial charge in [0.25, 0.3) is 0 Å². The van der Waals surface area contributed by atoms with Crippen molar-refractivity contribution in [2.45, 2.75) is 0 Å². The number of ketones is 1. The number of hydrogen-bond acceptors (Lipinski definition) is 4. The molecule has 1 aliphatic rings. The van der Waals surface area contributed by atoms with E-state index in [9.17, 15) is 14.4 Å². The molecular formula is C8H6N4O3. The van der Waals surface area contributed by atoms with Crippen LogP contribution in [0.4, 0.5) is 4.79 Å². The minimum atomic E-state index is -0.668. The van der Waals surface area contributed by atoms with Gasteiger partial charge < -0.3 is 0 Å². The number of amides is 3. The third-order valence-electron chi connectivity index (χ3n) is 1.41.